The van der Waals surface area contributed by atoms with E-state index in [0.29, 0.717) is 0 Å². The highest BCUT2D eigenvalue weighted by Gasteiger charge is 2.24. The Morgan fingerprint density at radius 1 is 0.447 bits per heavy atom. The van der Waals surface area contributed by atoms with Gasteiger partial charge in [-0.25, -0.2) is 0 Å². The van der Waals surface area contributed by atoms with Crippen LogP contribution >= 0.6 is 11.3 Å². The van der Waals surface area contributed by atoms with Gasteiger partial charge < -0.3 is 9.32 Å². The van der Waals surface area contributed by atoms with Crippen molar-refractivity contribution < 1.29 is 4.42 Å². The summed E-state index contributed by atoms with van der Waals surface area (Å²) < 4.78 is 9.31. The van der Waals surface area contributed by atoms with E-state index in [-0.39, 0.29) is 0 Å². The minimum atomic E-state index is 0.885. The average Bonchev–Trinajstić information content (AvgIpc) is 3.71. The number of fused-ring (bicyclic) bond motifs is 9. The summed E-state index contributed by atoms with van der Waals surface area (Å²) in [5, 5.41) is 9.74. The number of nitrogens with zero attached hydrogens (tertiary/aromatic N) is 1. The van der Waals surface area contributed by atoms with Crippen LogP contribution in [-0.4, -0.2) is 0 Å². The number of benzene rings is 8. The Labute approximate surface area is 275 Å². The third kappa shape index (κ3) is 4.04. The van der Waals surface area contributed by atoms with E-state index in [0.717, 1.165) is 50.1 Å². The van der Waals surface area contributed by atoms with Gasteiger partial charge in [0.15, 0.2) is 0 Å². The van der Waals surface area contributed by atoms with Crippen molar-refractivity contribution in [1.82, 2.24) is 0 Å². The fraction of sp³-hybridized carbons (Fsp3) is 0. The number of para-hydroxylation sites is 1. The molecule has 2 aromatic heterocycles. The van der Waals surface area contributed by atoms with Gasteiger partial charge in [0.05, 0.1) is 16.8 Å². The van der Waals surface area contributed by atoms with E-state index >= 15 is 0 Å². The summed E-state index contributed by atoms with van der Waals surface area (Å²) in [6.07, 6.45) is 0. The lowest BCUT2D eigenvalue weighted by atomic mass is 9.98. The molecule has 47 heavy (non-hydrogen) atoms. The molecule has 0 unspecified atom stereocenters. The minimum absolute atomic E-state index is 0.885. The number of anilines is 3. The third-order valence-corrected chi connectivity index (χ3v) is 10.6. The SMILES string of the molecule is c1ccc(-c2ccc(N(c3ccc4c(c3)sc3ccccc34)c3cccc4c3ccc3ccccc34)c3c2oc2ccccc23)cc1. The van der Waals surface area contributed by atoms with Crippen molar-refractivity contribution >= 4 is 92.1 Å². The molecule has 2 nitrogen and oxygen atoms in total. The van der Waals surface area contributed by atoms with Crippen molar-refractivity contribution in [3.05, 3.63) is 164 Å². The standard InChI is InChI=1S/C44H27NOS/c1-2-11-28(12-3-1)32-25-26-39(43-37-16-6-8-19-40(37)46-44(32)43)45(30-22-24-36-35-15-7-9-20-41(35)47-42(36)27-30)38-18-10-17-33-31-14-5-4-13-29(31)21-23-34(33)38/h1-27H. The first-order chi connectivity index (χ1) is 23.3. The zero-order valence-corrected chi connectivity index (χ0v) is 26.2. The molecule has 0 fully saturated rings. The highest BCUT2D eigenvalue weighted by Crippen LogP contribution is 2.49. The van der Waals surface area contributed by atoms with Crippen molar-refractivity contribution in [1.29, 1.82) is 0 Å². The zero-order valence-electron chi connectivity index (χ0n) is 25.4. The smallest absolute Gasteiger partial charge is 0.145 e. The molecule has 0 aliphatic carbocycles. The van der Waals surface area contributed by atoms with Gasteiger partial charge in [0, 0.05) is 42.2 Å². The molecular formula is C44H27NOS. The lowest BCUT2D eigenvalue weighted by Crippen LogP contribution is -2.11. The van der Waals surface area contributed by atoms with Crippen molar-refractivity contribution in [2.75, 3.05) is 4.90 Å². The Bertz CT molecular complexity index is 2810. The first-order valence-corrected chi connectivity index (χ1v) is 16.7. The molecule has 0 amide bonds. The van der Waals surface area contributed by atoms with Gasteiger partial charge in [-0.3, -0.25) is 0 Å². The molecule has 0 saturated carbocycles. The number of hydrogen-bond acceptors (Lipinski definition) is 3. The van der Waals surface area contributed by atoms with Crippen LogP contribution in [0.5, 0.6) is 0 Å². The Morgan fingerprint density at radius 2 is 1.17 bits per heavy atom. The van der Waals surface area contributed by atoms with Crippen molar-refractivity contribution in [2.24, 2.45) is 0 Å². The summed E-state index contributed by atoms with van der Waals surface area (Å²) in [5.41, 5.74) is 7.34. The van der Waals surface area contributed by atoms with Gasteiger partial charge >= 0.3 is 0 Å². The van der Waals surface area contributed by atoms with Crippen LogP contribution in [0, 0.1) is 0 Å². The van der Waals surface area contributed by atoms with Gasteiger partial charge in [-0.15, -0.1) is 11.3 Å². The monoisotopic (exact) mass is 617 g/mol. The van der Waals surface area contributed by atoms with Gasteiger partial charge in [0.2, 0.25) is 0 Å². The van der Waals surface area contributed by atoms with Crippen LogP contribution in [0.25, 0.3) is 74.8 Å². The second kappa shape index (κ2) is 10.3. The van der Waals surface area contributed by atoms with E-state index in [1.807, 2.05) is 11.3 Å². The summed E-state index contributed by atoms with van der Waals surface area (Å²) in [4.78, 5) is 2.44. The van der Waals surface area contributed by atoms with Gasteiger partial charge in [-0.2, -0.15) is 0 Å². The summed E-state index contributed by atoms with van der Waals surface area (Å²) >= 11 is 1.85. The molecule has 0 aliphatic rings. The highest BCUT2D eigenvalue weighted by atomic mass is 32.1. The van der Waals surface area contributed by atoms with Crippen LogP contribution in [0.2, 0.25) is 0 Å². The summed E-state index contributed by atoms with van der Waals surface area (Å²) in [5.74, 6) is 0. The lowest BCUT2D eigenvalue weighted by molar-refractivity contribution is 0.670. The number of hydrogen-bond donors (Lipinski definition) is 0. The Morgan fingerprint density at radius 3 is 2.09 bits per heavy atom. The average molecular weight is 618 g/mol. The largest absolute Gasteiger partial charge is 0.455 e. The zero-order chi connectivity index (χ0) is 30.9. The topological polar surface area (TPSA) is 16.4 Å². The normalized spacial score (nSPS) is 11.8. The molecule has 0 atom stereocenters. The van der Waals surface area contributed by atoms with Gasteiger partial charge in [-0.05, 0) is 64.2 Å². The fourth-order valence-corrected chi connectivity index (χ4v) is 8.46. The minimum Gasteiger partial charge on any atom is -0.455 e. The van der Waals surface area contributed by atoms with E-state index in [4.69, 9.17) is 4.42 Å². The van der Waals surface area contributed by atoms with E-state index in [2.05, 4.69) is 169 Å². The predicted octanol–water partition coefficient (Wildman–Crippen LogP) is 13.4. The first kappa shape index (κ1) is 26.3. The van der Waals surface area contributed by atoms with Crippen LogP contribution in [-0.2, 0) is 0 Å². The number of rotatable bonds is 4. The maximum Gasteiger partial charge on any atom is 0.145 e. The second-order valence-electron chi connectivity index (χ2n) is 12.1. The first-order valence-electron chi connectivity index (χ1n) is 15.9. The summed E-state index contributed by atoms with van der Waals surface area (Å²) in [6.45, 7) is 0. The van der Waals surface area contributed by atoms with E-state index in [9.17, 15) is 0 Å². The highest BCUT2D eigenvalue weighted by molar-refractivity contribution is 7.25. The van der Waals surface area contributed by atoms with Crippen molar-refractivity contribution in [3.8, 4) is 11.1 Å². The maximum atomic E-state index is 6.73. The Hall–Kier alpha value is -5.90. The van der Waals surface area contributed by atoms with Crippen LogP contribution in [0.15, 0.2) is 168 Å². The van der Waals surface area contributed by atoms with Crippen LogP contribution in [0.3, 0.4) is 0 Å². The molecule has 0 bridgehead atoms. The van der Waals surface area contributed by atoms with E-state index in [1.54, 1.807) is 0 Å². The van der Waals surface area contributed by atoms with E-state index in [1.165, 1.54) is 41.7 Å². The summed E-state index contributed by atoms with van der Waals surface area (Å²) in [7, 11) is 0. The molecular weight excluding hydrogens is 591 g/mol. The second-order valence-corrected chi connectivity index (χ2v) is 13.2. The Kier molecular flexibility index (Phi) is 5.78. The van der Waals surface area contributed by atoms with Gasteiger partial charge in [0.1, 0.15) is 11.2 Å². The van der Waals surface area contributed by atoms with Crippen molar-refractivity contribution in [3.63, 3.8) is 0 Å². The quantitative estimate of drug-likeness (QED) is 0.183. The van der Waals surface area contributed by atoms with E-state index < -0.39 is 0 Å². The molecule has 10 aromatic rings. The molecule has 2 heterocycles. The molecule has 220 valence electrons. The maximum absolute atomic E-state index is 6.73. The number of furan rings is 1. The third-order valence-electron chi connectivity index (χ3n) is 9.45. The molecule has 0 N–H and O–H groups in total. The molecule has 0 aliphatic heterocycles. The summed E-state index contributed by atoms with van der Waals surface area (Å²) in [6, 6.07) is 59.0. The molecule has 10 rings (SSSR count). The predicted molar refractivity (Wildman–Crippen MR) is 202 cm³/mol. The molecule has 0 saturated heterocycles. The molecule has 3 heteroatoms. The van der Waals surface area contributed by atoms with Crippen LogP contribution in [0.1, 0.15) is 0 Å². The number of thiophene rings is 1. The van der Waals surface area contributed by atoms with Crippen LogP contribution < -0.4 is 4.90 Å². The molecule has 8 aromatic carbocycles. The van der Waals surface area contributed by atoms with Crippen molar-refractivity contribution in [2.45, 2.75) is 0 Å². The molecule has 0 spiro atoms. The fourth-order valence-electron chi connectivity index (χ4n) is 7.32. The van der Waals surface area contributed by atoms with Gasteiger partial charge in [-0.1, -0.05) is 121 Å². The Balaban J connectivity index is 1.32. The lowest BCUT2D eigenvalue weighted by Gasteiger charge is -2.28. The molecule has 0 radical (unpaired) electrons. The van der Waals surface area contributed by atoms with Gasteiger partial charge in [0.25, 0.3) is 0 Å². The van der Waals surface area contributed by atoms with Crippen LogP contribution in [0.4, 0.5) is 17.1 Å².